The summed E-state index contributed by atoms with van der Waals surface area (Å²) < 4.78 is 0. The fourth-order valence-corrected chi connectivity index (χ4v) is 1.73. The third-order valence-corrected chi connectivity index (χ3v) is 3.03. The summed E-state index contributed by atoms with van der Waals surface area (Å²) in [7, 11) is 0. The number of H-pyrrole nitrogens is 1. The van der Waals surface area contributed by atoms with Gasteiger partial charge in [0.2, 0.25) is 0 Å². The van der Waals surface area contributed by atoms with E-state index in [1.165, 1.54) is 6.07 Å². The first kappa shape index (κ1) is 14.4. The topological polar surface area (TPSA) is 65.1 Å². The average Bonchev–Trinajstić information content (AvgIpc) is 2.64. The van der Waals surface area contributed by atoms with Crippen LogP contribution in [-0.4, -0.2) is 29.1 Å². The van der Waals surface area contributed by atoms with Gasteiger partial charge >= 0.3 is 0 Å². The zero-order valence-corrected chi connectivity index (χ0v) is 10.9. The third-order valence-electron chi connectivity index (χ3n) is 2.34. The minimum absolute atomic E-state index is 0.207. The van der Waals surface area contributed by atoms with Crippen molar-refractivity contribution in [3.63, 3.8) is 0 Å². The highest BCUT2D eigenvalue weighted by Crippen LogP contribution is 2.21. The molecule has 0 bridgehead atoms. The minimum Gasteiger partial charge on any atom is -0.396 e. The van der Waals surface area contributed by atoms with E-state index in [9.17, 15) is 4.79 Å². The molecule has 96 valence electrons. The van der Waals surface area contributed by atoms with Gasteiger partial charge in [-0.05, 0) is 18.9 Å². The zero-order valence-electron chi connectivity index (χ0n) is 9.43. The number of unbranched alkanes of at least 4 members (excludes halogenated alkanes) is 3. The number of aromatic amines is 1. The van der Waals surface area contributed by atoms with Crippen molar-refractivity contribution in [1.29, 1.82) is 0 Å². The molecule has 0 aliphatic carbocycles. The number of carbonyl (C=O) groups is 1. The maximum atomic E-state index is 11.6. The second-order valence-corrected chi connectivity index (χ2v) is 4.52. The maximum absolute atomic E-state index is 11.6. The van der Waals surface area contributed by atoms with Gasteiger partial charge in [-0.3, -0.25) is 4.79 Å². The van der Waals surface area contributed by atoms with Gasteiger partial charge in [0.05, 0.1) is 5.02 Å². The van der Waals surface area contributed by atoms with E-state index in [2.05, 4.69) is 10.3 Å². The van der Waals surface area contributed by atoms with E-state index in [-0.39, 0.29) is 17.7 Å². The summed E-state index contributed by atoms with van der Waals surface area (Å²) in [6, 6.07) is 1.50. The Balaban J connectivity index is 2.21. The molecule has 3 N–H and O–H groups in total. The molecule has 0 radical (unpaired) electrons. The number of aromatic nitrogens is 1. The van der Waals surface area contributed by atoms with Crippen LogP contribution in [0.4, 0.5) is 0 Å². The predicted octanol–water partition coefficient (Wildman–Crippen LogP) is 2.60. The number of nitrogens with one attached hydrogen (secondary N) is 2. The molecule has 1 aromatic heterocycles. The Morgan fingerprint density at radius 3 is 2.59 bits per heavy atom. The monoisotopic (exact) mass is 278 g/mol. The van der Waals surface area contributed by atoms with Crippen LogP contribution >= 0.6 is 23.2 Å². The Morgan fingerprint density at radius 2 is 2.00 bits per heavy atom. The van der Waals surface area contributed by atoms with Crippen molar-refractivity contribution in [3.8, 4) is 0 Å². The molecule has 0 unspecified atom stereocenters. The summed E-state index contributed by atoms with van der Waals surface area (Å²) in [6.07, 6.45) is 3.68. The SMILES string of the molecule is O=C(NCCCCCCO)c1cc(Cl)c(Cl)[nH]1. The van der Waals surface area contributed by atoms with Gasteiger partial charge < -0.3 is 15.4 Å². The molecule has 6 heteroatoms. The Labute approximate surface area is 110 Å². The molecule has 1 rings (SSSR count). The van der Waals surface area contributed by atoms with Gasteiger partial charge in [0, 0.05) is 13.2 Å². The van der Waals surface area contributed by atoms with Crippen molar-refractivity contribution in [3.05, 3.63) is 21.9 Å². The summed E-state index contributed by atoms with van der Waals surface area (Å²) in [5, 5.41) is 12.0. The lowest BCUT2D eigenvalue weighted by atomic mass is 10.2. The maximum Gasteiger partial charge on any atom is 0.267 e. The van der Waals surface area contributed by atoms with Crippen LogP contribution in [0, 0.1) is 0 Å². The molecule has 1 amide bonds. The number of amides is 1. The predicted molar refractivity (Wildman–Crippen MR) is 68.7 cm³/mol. The first-order valence-corrected chi connectivity index (χ1v) is 6.34. The quantitative estimate of drug-likeness (QED) is 0.672. The van der Waals surface area contributed by atoms with Crippen LogP contribution in [0.2, 0.25) is 10.2 Å². The van der Waals surface area contributed by atoms with Crippen LogP contribution in [0.25, 0.3) is 0 Å². The summed E-state index contributed by atoms with van der Waals surface area (Å²) in [5.74, 6) is -0.207. The summed E-state index contributed by atoms with van der Waals surface area (Å²) in [6.45, 7) is 0.838. The normalized spacial score (nSPS) is 10.5. The molecule has 0 aliphatic rings. The molecular formula is C11H16Cl2N2O2. The molecule has 0 spiro atoms. The molecule has 1 aromatic rings. The van der Waals surface area contributed by atoms with Crippen molar-refractivity contribution >= 4 is 29.1 Å². The van der Waals surface area contributed by atoms with E-state index in [0.29, 0.717) is 17.3 Å². The average molecular weight is 279 g/mol. The molecule has 0 atom stereocenters. The van der Waals surface area contributed by atoms with Crippen molar-refractivity contribution < 1.29 is 9.90 Å². The van der Waals surface area contributed by atoms with E-state index in [4.69, 9.17) is 28.3 Å². The largest absolute Gasteiger partial charge is 0.396 e. The zero-order chi connectivity index (χ0) is 12.7. The highest BCUT2D eigenvalue weighted by Gasteiger charge is 2.10. The summed E-state index contributed by atoms with van der Waals surface area (Å²) in [4.78, 5) is 14.3. The Morgan fingerprint density at radius 1 is 1.29 bits per heavy atom. The van der Waals surface area contributed by atoms with Crippen LogP contribution in [0.15, 0.2) is 6.07 Å². The second-order valence-electron chi connectivity index (χ2n) is 3.74. The minimum atomic E-state index is -0.207. The van der Waals surface area contributed by atoms with Gasteiger partial charge in [-0.15, -0.1) is 0 Å². The molecule has 1 heterocycles. The van der Waals surface area contributed by atoms with Crippen molar-refractivity contribution in [2.45, 2.75) is 25.7 Å². The number of carbonyl (C=O) groups excluding carboxylic acids is 1. The van der Waals surface area contributed by atoms with E-state index < -0.39 is 0 Å². The first-order chi connectivity index (χ1) is 8.15. The molecule has 4 nitrogen and oxygen atoms in total. The second kappa shape index (κ2) is 7.58. The van der Waals surface area contributed by atoms with Crippen molar-refractivity contribution in [1.82, 2.24) is 10.3 Å². The number of rotatable bonds is 7. The standard InChI is InChI=1S/C11H16Cl2N2O2/c12-8-7-9(15-10(8)13)11(17)14-5-3-1-2-4-6-16/h7,15-16H,1-6H2,(H,14,17). The Kier molecular flexibility index (Phi) is 6.40. The van der Waals surface area contributed by atoms with E-state index in [1.807, 2.05) is 0 Å². The van der Waals surface area contributed by atoms with Crippen LogP contribution in [0.5, 0.6) is 0 Å². The lowest BCUT2D eigenvalue weighted by Crippen LogP contribution is -2.24. The Bertz CT molecular complexity index is 347. The smallest absolute Gasteiger partial charge is 0.267 e. The van der Waals surface area contributed by atoms with Crippen LogP contribution < -0.4 is 5.32 Å². The number of halogens is 2. The lowest BCUT2D eigenvalue weighted by molar-refractivity contribution is 0.0948. The van der Waals surface area contributed by atoms with Gasteiger partial charge in [-0.2, -0.15) is 0 Å². The molecule has 0 fully saturated rings. The van der Waals surface area contributed by atoms with Gasteiger partial charge in [0.25, 0.3) is 5.91 Å². The van der Waals surface area contributed by atoms with Gasteiger partial charge in [-0.25, -0.2) is 0 Å². The van der Waals surface area contributed by atoms with Crippen LogP contribution in [0.3, 0.4) is 0 Å². The number of hydrogen-bond acceptors (Lipinski definition) is 2. The molecule has 0 aromatic carbocycles. The molecule has 0 saturated carbocycles. The fraction of sp³-hybridized carbons (Fsp3) is 0.545. The van der Waals surface area contributed by atoms with Crippen molar-refractivity contribution in [2.75, 3.05) is 13.2 Å². The first-order valence-electron chi connectivity index (χ1n) is 5.58. The fourth-order valence-electron chi connectivity index (χ4n) is 1.41. The van der Waals surface area contributed by atoms with Crippen LogP contribution in [-0.2, 0) is 0 Å². The lowest BCUT2D eigenvalue weighted by Gasteiger charge is -2.03. The van der Waals surface area contributed by atoms with Gasteiger partial charge in [-0.1, -0.05) is 36.0 Å². The van der Waals surface area contributed by atoms with E-state index in [0.717, 1.165) is 25.7 Å². The molecule has 17 heavy (non-hydrogen) atoms. The molecule has 0 saturated heterocycles. The highest BCUT2D eigenvalue weighted by molar-refractivity contribution is 6.41. The number of aliphatic hydroxyl groups is 1. The van der Waals surface area contributed by atoms with E-state index >= 15 is 0 Å². The molecular weight excluding hydrogens is 263 g/mol. The Hall–Kier alpha value is -0.710. The summed E-state index contributed by atoms with van der Waals surface area (Å²) in [5.41, 5.74) is 0.371. The molecule has 0 aliphatic heterocycles. The summed E-state index contributed by atoms with van der Waals surface area (Å²) >= 11 is 11.4. The van der Waals surface area contributed by atoms with Gasteiger partial charge in [0.1, 0.15) is 10.8 Å². The number of hydrogen-bond donors (Lipinski definition) is 3. The van der Waals surface area contributed by atoms with Gasteiger partial charge in [0.15, 0.2) is 0 Å². The van der Waals surface area contributed by atoms with Crippen molar-refractivity contribution in [2.24, 2.45) is 0 Å². The van der Waals surface area contributed by atoms with Crippen LogP contribution in [0.1, 0.15) is 36.2 Å². The van der Waals surface area contributed by atoms with E-state index in [1.54, 1.807) is 0 Å². The third kappa shape index (κ3) is 4.98. The highest BCUT2D eigenvalue weighted by atomic mass is 35.5. The number of aliphatic hydroxyl groups excluding tert-OH is 1.